The predicted molar refractivity (Wildman–Crippen MR) is 84.6 cm³/mol. The average Bonchev–Trinajstić information content (AvgIpc) is 2.56. The molecule has 4 heteroatoms. The molecule has 22 heavy (non-hydrogen) atoms. The molecule has 0 N–H and O–H groups in total. The maximum absolute atomic E-state index is 12.2. The maximum Gasteiger partial charge on any atom is 0.330 e. The van der Waals surface area contributed by atoms with E-state index in [2.05, 4.69) is 29.7 Å². The lowest BCUT2D eigenvalue weighted by atomic mass is 9.97. The van der Waals surface area contributed by atoms with Gasteiger partial charge in [-0.3, -0.25) is 9.59 Å². The van der Waals surface area contributed by atoms with Crippen LogP contribution in [0.3, 0.4) is 0 Å². The van der Waals surface area contributed by atoms with Gasteiger partial charge in [0.05, 0.1) is 7.11 Å². The zero-order valence-electron chi connectivity index (χ0n) is 13.0. The standard InChI is InChI=1S/C16H16O.C2H4O3/c1-12(2)14-9-6-10-15(11-14)16(17)13-7-4-3-5-8-13;1-4-5-2-3/h3-12H,1-2H3;2H,1H3. The molecule has 0 saturated carbocycles. The fourth-order valence-corrected chi connectivity index (χ4v) is 1.83. The van der Waals surface area contributed by atoms with E-state index in [0.29, 0.717) is 5.92 Å². The van der Waals surface area contributed by atoms with E-state index in [9.17, 15) is 4.79 Å². The summed E-state index contributed by atoms with van der Waals surface area (Å²) in [6.45, 7) is 4.47. The van der Waals surface area contributed by atoms with E-state index in [1.807, 2.05) is 48.5 Å². The molecule has 0 aliphatic heterocycles. The Morgan fingerprint density at radius 3 is 2.14 bits per heavy atom. The molecule has 0 amide bonds. The van der Waals surface area contributed by atoms with Gasteiger partial charge in [-0.1, -0.05) is 62.4 Å². The fourth-order valence-electron chi connectivity index (χ4n) is 1.83. The molecule has 116 valence electrons. The molecular weight excluding hydrogens is 280 g/mol. The molecule has 0 unspecified atom stereocenters. The molecule has 0 heterocycles. The Kier molecular flexibility index (Phi) is 7.57. The van der Waals surface area contributed by atoms with E-state index in [1.54, 1.807) is 0 Å². The van der Waals surface area contributed by atoms with E-state index in [0.717, 1.165) is 11.1 Å². The van der Waals surface area contributed by atoms with Gasteiger partial charge in [0.2, 0.25) is 0 Å². The van der Waals surface area contributed by atoms with Gasteiger partial charge in [0, 0.05) is 11.1 Å². The van der Waals surface area contributed by atoms with Gasteiger partial charge >= 0.3 is 6.47 Å². The van der Waals surface area contributed by atoms with Gasteiger partial charge in [0.1, 0.15) is 0 Å². The highest BCUT2D eigenvalue weighted by Crippen LogP contribution is 2.17. The third-order valence-corrected chi connectivity index (χ3v) is 2.99. The molecule has 4 nitrogen and oxygen atoms in total. The SMILES string of the molecule is CC(C)c1cccc(C(=O)c2ccccc2)c1.COOC=O. The van der Waals surface area contributed by atoms with Crippen LogP contribution in [0.4, 0.5) is 0 Å². The van der Waals surface area contributed by atoms with Crippen LogP contribution in [0.1, 0.15) is 41.3 Å². The molecule has 0 bridgehead atoms. The minimum absolute atomic E-state index is 0.0908. The summed E-state index contributed by atoms with van der Waals surface area (Å²) in [4.78, 5) is 28.8. The van der Waals surface area contributed by atoms with Crippen molar-refractivity contribution in [1.29, 1.82) is 0 Å². The molecule has 0 spiro atoms. The summed E-state index contributed by atoms with van der Waals surface area (Å²) >= 11 is 0. The number of benzene rings is 2. The van der Waals surface area contributed by atoms with Crippen molar-refractivity contribution in [3.05, 3.63) is 71.3 Å². The number of hydrogen-bond donors (Lipinski definition) is 0. The Hall–Kier alpha value is -2.46. The van der Waals surface area contributed by atoms with Crippen LogP contribution in [0, 0.1) is 0 Å². The highest BCUT2D eigenvalue weighted by molar-refractivity contribution is 6.09. The van der Waals surface area contributed by atoms with E-state index < -0.39 is 0 Å². The summed E-state index contributed by atoms with van der Waals surface area (Å²) in [5, 5.41) is 0. The first-order valence-corrected chi connectivity index (χ1v) is 6.93. The zero-order chi connectivity index (χ0) is 16.4. The predicted octanol–water partition coefficient (Wildman–Crippen LogP) is 3.76. The Morgan fingerprint density at radius 2 is 1.64 bits per heavy atom. The molecule has 0 saturated heterocycles. The number of carbonyl (C=O) groups is 2. The molecule has 0 atom stereocenters. The quantitative estimate of drug-likeness (QED) is 0.365. The lowest BCUT2D eigenvalue weighted by Gasteiger charge is -2.07. The molecule has 2 aromatic carbocycles. The van der Waals surface area contributed by atoms with Crippen molar-refractivity contribution in [3.63, 3.8) is 0 Å². The first-order valence-electron chi connectivity index (χ1n) is 6.93. The molecule has 0 radical (unpaired) electrons. The Balaban J connectivity index is 0.000000422. The van der Waals surface area contributed by atoms with Crippen LogP contribution < -0.4 is 0 Å². The van der Waals surface area contributed by atoms with Gasteiger partial charge in [-0.05, 0) is 17.5 Å². The summed E-state index contributed by atoms with van der Waals surface area (Å²) in [7, 11) is 1.26. The van der Waals surface area contributed by atoms with E-state index in [1.165, 1.54) is 12.7 Å². The highest BCUT2D eigenvalue weighted by Gasteiger charge is 2.09. The second-order valence-corrected chi connectivity index (χ2v) is 4.83. The molecule has 0 aliphatic rings. The lowest BCUT2D eigenvalue weighted by Crippen LogP contribution is -2.02. The summed E-state index contributed by atoms with van der Waals surface area (Å²) in [6.07, 6.45) is 0. The van der Waals surface area contributed by atoms with Crippen LogP contribution in [0.5, 0.6) is 0 Å². The van der Waals surface area contributed by atoms with Crippen LogP contribution >= 0.6 is 0 Å². The summed E-state index contributed by atoms with van der Waals surface area (Å²) in [5.74, 6) is 0.534. The van der Waals surface area contributed by atoms with E-state index in [-0.39, 0.29) is 12.3 Å². The number of hydrogen-bond acceptors (Lipinski definition) is 4. The van der Waals surface area contributed by atoms with Crippen molar-refractivity contribution < 1.29 is 19.4 Å². The third kappa shape index (κ3) is 5.50. The van der Waals surface area contributed by atoms with Gasteiger partial charge in [0.15, 0.2) is 5.78 Å². The Bertz CT molecular complexity index is 591. The normalized spacial score (nSPS) is 9.64. The summed E-state index contributed by atoms with van der Waals surface area (Å²) in [6, 6.07) is 17.3. The van der Waals surface area contributed by atoms with Crippen LogP contribution in [-0.2, 0) is 14.6 Å². The smallest absolute Gasteiger partial charge is 0.302 e. The van der Waals surface area contributed by atoms with E-state index >= 15 is 0 Å². The molecular formula is C18H20O4. The third-order valence-electron chi connectivity index (χ3n) is 2.99. The van der Waals surface area contributed by atoms with Gasteiger partial charge in [-0.25, -0.2) is 0 Å². The van der Waals surface area contributed by atoms with Crippen molar-refractivity contribution in [2.75, 3.05) is 7.11 Å². The Labute approximate surface area is 130 Å². The number of rotatable bonds is 5. The molecule has 0 fully saturated rings. The molecule has 0 aromatic heterocycles. The van der Waals surface area contributed by atoms with Crippen molar-refractivity contribution >= 4 is 12.3 Å². The van der Waals surface area contributed by atoms with Gasteiger partial charge in [0.25, 0.3) is 0 Å². The van der Waals surface area contributed by atoms with Crippen molar-refractivity contribution in [1.82, 2.24) is 0 Å². The fraction of sp³-hybridized carbons (Fsp3) is 0.222. The Morgan fingerprint density at radius 1 is 1.00 bits per heavy atom. The van der Waals surface area contributed by atoms with Crippen molar-refractivity contribution in [2.45, 2.75) is 19.8 Å². The second kappa shape index (κ2) is 9.47. The highest BCUT2D eigenvalue weighted by atomic mass is 17.2. The zero-order valence-corrected chi connectivity index (χ0v) is 13.0. The minimum atomic E-state index is 0.0908. The largest absolute Gasteiger partial charge is 0.330 e. The maximum atomic E-state index is 12.2. The molecule has 0 aliphatic carbocycles. The van der Waals surface area contributed by atoms with Gasteiger partial charge < -0.3 is 4.89 Å². The number of carbonyl (C=O) groups excluding carboxylic acids is 2. The monoisotopic (exact) mass is 300 g/mol. The van der Waals surface area contributed by atoms with Crippen LogP contribution in [0.2, 0.25) is 0 Å². The first-order chi connectivity index (χ1) is 10.6. The van der Waals surface area contributed by atoms with Crippen LogP contribution in [0.25, 0.3) is 0 Å². The molecule has 2 rings (SSSR count). The van der Waals surface area contributed by atoms with Crippen LogP contribution in [-0.4, -0.2) is 19.4 Å². The topological polar surface area (TPSA) is 52.6 Å². The molecule has 2 aromatic rings. The summed E-state index contributed by atoms with van der Waals surface area (Å²) < 4.78 is 0. The van der Waals surface area contributed by atoms with Crippen molar-refractivity contribution in [2.24, 2.45) is 0 Å². The van der Waals surface area contributed by atoms with Gasteiger partial charge in [-0.15, -0.1) is 0 Å². The number of ketones is 1. The second-order valence-electron chi connectivity index (χ2n) is 4.83. The first kappa shape index (κ1) is 17.6. The minimum Gasteiger partial charge on any atom is -0.302 e. The van der Waals surface area contributed by atoms with Gasteiger partial charge in [-0.2, -0.15) is 4.89 Å². The van der Waals surface area contributed by atoms with Crippen LogP contribution in [0.15, 0.2) is 54.6 Å². The summed E-state index contributed by atoms with van der Waals surface area (Å²) in [5.41, 5.74) is 2.71. The van der Waals surface area contributed by atoms with Crippen molar-refractivity contribution in [3.8, 4) is 0 Å². The average molecular weight is 300 g/mol. The van der Waals surface area contributed by atoms with E-state index in [4.69, 9.17) is 4.79 Å². The lowest BCUT2D eigenvalue weighted by molar-refractivity contribution is -0.240.